The molecule has 28 heavy (non-hydrogen) atoms. The Balaban J connectivity index is 1.52. The molecule has 5 heterocycles. The van der Waals surface area contributed by atoms with Crippen molar-refractivity contribution in [3.8, 4) is 0 Å². The lowest BCUT2D eigenvalue weighted by molar-refractivity contribution is 0.0904. The molecular weight excluding hydrogens is 356 g/mol. The summed E-state index contributed by atoms with van der Waals surface area (Å²) >= 11 is 0. The zero-order chi connectivity index (χ0) is 18.9. The van der Waals surface area contributed by atoms with Crippen LogP contribution in [-0.2, 0) is 4.74 Å². The molecule has 0 atom stereocenters. The Labute approximate surface area is 161 Å². The molecule has 2 N–H and O–H groups in total. The van der Waals surface area contributed by atoms with Crippen LogP contribution >= 0.6 is 0 Å². The topological polar surface area (TPSA) is 102 Å². The average molecular weight is 376 g/mol. The van der Waals surface area contributed by atoms with Crippen LogP contribution in [0.4, 0.5) is 17.5 Å². The molecule has 0 aromatic carbocycles. The van der Waals surface area contributed by atoms with Crippen LogP contribution in [0, 0.1) is 6.92 Å². The quantitative estimate of drug-likeness (QED) is 0.560. The van der Waals surface area contributed by atoms with Gasteiger partial charge in [0.25, 0.3) is 0 Å². The number of hydrogen-bond acceptors (Lipinski definition) is 8. The second-order valence-electron chi connectivity index (χ2n) is 6.86. The van der Waals surface area contributed by atoms with E-state index in [1.54, 1.807) is 10.7 Å². The first-order valence-electron chi connectivity index (χ1n) is 9.30. The maximum Gasteiger partial charge on any atom is 0.229 e. The normalized spacial score (nSPS) is 15.2. The highest BCUT2D eigenvalue weighted by molar-refractivity contribution is 5.86. The SMILES string of the molecule is Cc1cc2ncnn2cc1Nc1nc(NC2CCOCC2)c2ncccc2n1. The number of rotatable bonds is 4. The van der Waals surface area contributed by atoms with Gasteiger partial charge in [-0.2, -0.15) is 10.1 Å². The van der Waals surface area contributed by atoms with Crippen molar-refractivity contribution in [3.63, 3.8) is 0 Å². The van der Waals surface area contributed by atoms with Crippen molar-refractivity contribution in [1.29, 1.82) is 0 Å². The van der Waals surface area contributed by atoms with Gasteiger partial charge in [0.15, 0.2) is 11.5 Å². The predicted octanol–water partition coefficient (Wildman–Crippen LogP) is 2.71. The first kappa shape index (κ1) is 16.8. The van der Waals surface area contributed by atoms with Gasteiger partial charge in [0.2, 0.25) is 5.95 Å². The van der Waals surface area contributed by atoms with Gasteiger partial charge >= 0.3 is 0 Å². The first-order chi connectivity index (χ1) is 13.8. The third-order valence-electron chi connectivity index (χ3n) is 4.89. The molecule has 0 amide bonds. The molecule has 0 spiro atoms. The first-order valence-corrected chi connectivity index (χ1v) is 9.30. The van der Waals surface area contributed by atoms with Gasteiger partial charge in [-0.3, -0.25) is 4.98 Å². The van der Waals surface area contributed by atoms with Crippen molar-refractivity contribution >= 4 is 34.1 Å². The Bertz CT molecular complexity index is 1140. The van der Waals surface area contributed by atoms with Crippen molar-refractivity contribution in [2.75, 3.05) is 23.8 Å². The zero-order valence-corrected chi connectivity index (χ0v) is 15.5. The Kier molecular flexibility index (Phi) is 4.21. The van der Waals surface area contributed by atoms with Crippen LogP contribution in [0.2, 0.25) is 0 Å². The zero-order valence-electron chi connectivity index (χ0n) is 15.5. The lowest BCUT2D eigenvalue weighted by Gasteiger charge is -2.24. The van der Waals surface area contributed by atoms with E-state index < -0.39 is 0 Å². The molecule has 0 bridgehead atoms. The van der Waals surface area contributed by atoms with Crippen LogP contribution in [0.5, 0.6) is 0 Å². The molecule has 9 nitrogen and oxygen atoms in total. The van der Waals surface area contributed by atoms with Gasteiger partial charge in [0.05, 0.1) is 17.4 Å². The number of aromatic nitrogens is 6. The van der Waals surface area contributed by atoms with Crippen molar-refractivity contribution in [2.45, 2.75) is 25.8 Å². The molecule has 0 aliphatic carbocycles. The number of ether oxygens (including phenoxy) is 1. The highest BCUT2D eigenvalue weighted by atomic mass is 16.5. The molecule has 0 saturated carbocycles. The molecular formula is C19H20N8O. The molecule has 4 aromatic heterocycles. The minimum absolute atomic E-state index is 0.315. The van der Waals surface area contributed by atoms with Crippen LogP contribution in [0.25, 0.3) is 16.7 Å². The molecule has 142 valence electrons. The molecule has 4 aromatic rings. The maximum atomic E-state index is 5.46. The van der Waals surface area contributed by atoms with Crippen LogP contribution in [0.3, 0.4) is 0 Å². The number of pyridine rings is 2. The minimum Gasteiger partial charge on any atom is -0.381 e. The summed E-state index contributed by atoms with van der Waals surface area (Å²) in [4.78, 5) is 18.0. The van der Waals surface area contributed by atoms with E-state index in [2.05, 4.69) is 30.7 Å². The lowest BCUT2D eigenvalue weighted by Crippen LogP contribution is -2.28. The fourth-order valence-electron chi connectivity index (χ4n) is 3.37. The number of nitrogens with one attached hydrogen (secondary N) is 2. The van der Waals surface area contributed by atoms with E-state index in [1.807, 2.05) is 31.3 Å². The van der Waals surface area contributed by atoms with Crippen LogP contribution in [0.1, 0.15) is 18.4 Å². The number of anilines is 3. The largest absolute Gasteiger partial charge is 0.381 e. The summed E-state index contributed by atoms with van der Waals surface area (Å²) in [5, 5.41) is 11.0. The standard InChI is InChI=1S/C19H20N8O/c1-12-9-16-21-11-22-27(16)10-15(12)25-19-24-14-3-2-6-20-17(14)18(26-19)23-13-4-7-28-8-5-13/h2-3,6,9-11,13H,4-5,7-8H2,1H3,(H2,23,24,25,26). The molecule has 1 aliphatic rings. The monoisotopic (exact) mass is 376 g/mol. The highest BCUT2D eigenvalue weighted by Crippen LogP contribution is 2.25. The van der Waals surface area contributed by atoms with E-state index in [0.717, 1.165) is 59.8 Å². The molecule has 0 unspecified atom stereocenters. The summed E-state index contributed by atoms with van der Waals surface area (Å²) < 4.78 is 7.18. The van der Waals surface area contributed by atoms with E-state index in [9.17, 15) is 0 Å². The summed E-state index contributed by atoms with van der Waals surface area (Å²) in [6.45, 7) is 3.54. The molecule has 5 rings (SSSR count). The Morgan fingerprint density at radius 2 is 2.07 bits per heavy atom. The van der Waals surface area contributed by atoms with Gasteiger partial charge in [-0.1, -0.05) is 0 Å². The van der Waals surface area contributed by atoms with Crippen LogP contribution < -0.4 is 10.6 Å². The third kappa shape index (κ3) is 3.20. The van der Waals surface area contributed by atoms with E-state index in [4.69, 9.17) is 9.72 Å². The van der Waals surface area contributed by atoms with Crippen molar-refractivity contribution in [1.82, 2.24) is 29.5 Å². The Morgan fingerprint density at radius 3 is 2.96 bits per heavy atom. The summed E-state index contributed by atoms with van der Waals surface area (Å²) in [7, 11) is 0. The number of hydrogen-bond donors (Lipinski definition) is 2. The van der Waals surface area contributed by atoms with E-state index >= 15 is 0 Å². The van der Waals surface area contributed by atoms with Gasteiger partial charge < -0.3 is 15.4 Å². The third-order valence-corrected chi connectivity index (χ3v) is 4.89. The van der Waals surface area contributed by atoms with Gasteiger partial charge in [0, 0.05) is 25.5 Å². The van der Waals surface area contributed by atoms with Gasteiger partial charge in [-0.25, -0.2) is 14.5 Å². The van der Waals surface area contributed by atoms with Gasteiger partial charge in [-0.15, -0.1) is 0 Å². The maximum absolute atomic E-state index is 5.46. The molecule has 9 heteroatoms. The average Bonchev–Trinajstić information content (AvgIpc) is 3.16. The smallest absolute Gasteiger partial charge is 0.229 e. The fraction of sp³-hybridized carbons (Fsp3) is 0.316. The van der Waals surface area contributed by atoms with E-state index in [0.29, 0.717) is 12.0 Å². The Hall–Kier alpha value is -3.33. The Morgan fingerprint density at radius 1 is 1.18 bits per heavy atom. The van der Waals surface area contributed by atoms with Crippen molar-refractivity contribution < 1.29 is 4.74 Å². The van der Waals surface area contributed by atoms with E-state index in [1.165, 1.54) is 6.33 Å². The summed E-state index contributed by atoms with van der Waals surface area (Å²) in [6, 6.07) is 6.11. The molecule has 1 aliphatic heterocycles. The molecule has 0 radical (unpaired) electrons. The van der Waals surface area contributed by atoms with Gasteiger partial charge in [0.1, 0.15) is 11.8 Å². The van der Waals surface area contributed by atoms with Crippen LogP contribution in [-0.4, -0.2) is 48.8 Å². The number of fused-ring (bicyclic) bond motifs is 2. The highest BCUT2D eigenvalue weighted by Gasteiger charge is 2.17. The minimum atomic E-state index is 0.315. The number of aryl methyl sites for hydroxylation is 1. The predicted molar refractivity (Wildman–Crippen MR) is 106 cm³/mol. The fourth-order valence-corrected chi connectivity index (χ4v) is 3.37. The second-order valence-corrected chi connectivity index (χ2v) is 6.86. The molecule has 1 fully saturated rings. The summed E-state index contributed by atoms with van der Waals surface area (Å²) in [5.41, 5.74) is 4.26. The van der Waals surface area contributed by atoms with Crippen molar-refractivity contribution in [3.05, 3.63) is 42.5 Å². The number of nitrogens with zero attached hydrogens (tertiary/aromatic N) is 6. The second kappa shape index (κ2) is 7.01. The lowest BCUT2D eigenvalue weighted by atomic mass is 10.1. The van der Waals surface area contributed by atoms with Crippen molar-refractivity contribution in [2.24, 2.45) is 0 Å². The summed E-state index contributed by atoms with van der Waals surface area (Å²) in [5.74, 6) is 1.25. The van der Waals surface area contributed by atoms with Crippen LogP contribution in [0.15, 0.2) is 36.9 Å². The summed E-state index contributed by atoms with van der Waals surface area (Å²) in [6.07, 6.45) is 7.08. The molecule has 1 saturated heterocycles. The van der Waals surface area contributed by atoms with E-state index in [-0.39, 0.29) is 0 Å². The van der Waals surface area contributed by atoms with Gasteiger partial charge in [-0.05, 0) is 43.5 Å².